The second-order valence-corrected chi connectivity index (χ2v) is 5.38. The predicted molar refractivity (Wildman–Crippen MR) is 88.0 cm³/mol. The zero-order valence-electron chi connectivity index (χ0n) is 11.3. The molecule has 1 aromatic heterocycles. The van der Waals surface area contributed by atoms with Crippen LogP contribution in [0.25, 0.3) is 32.8 Å². The van der Waals surface area contributed by atoms with Crippen LogP contribution in [0.15, 0.2) is 66.7 Å². The van der Waals surface area contributed by atoms with Gasteiger partial charge in [-0.15, -0.1) is 0 Å². The van der Waals surface area contributed by atoms with Gasteiger partial charge in [0.05, 0.1) is 5.52 Å². The van der Waals surface area contributed by atoms with Crippen LogP contribution in [0.4, 0.5) is 11.5 Å². The molecule has 0 fully saturated rings. The minimum absolute atomic E-state index is 0.956. The normalized spacial score (nSPS) is 12.2. The lowest BCUT2D eigenvalue weighted by Crippen LogP contribution is -2.03. The summed E-state index contributed by atoms with van der Waals surface area (Å²) in [5, 5.41) is 7.17. The lowest BCUT2D eigenvalue weighted by molar-refractivity contribution is 1.38. The highest BCUT2D eigenvalue weighted by Crippen LogP contribution is 2.44. The molecule has 0 radical (unpaired) electrons. The van der Waals surface area contributed by atoms with Crippen LogP contribution in [0.2, 0.25) is 0 Å². The van der Waals surface area contributed by atoms with Crippen molar-refractivity contribution in [3.63, 3.8) is 0 Å². The monoisotopic (exact) mass is 268 g/mol. The Morgan fingerprint density at radius 2 is 1.43 bits per heavy atom. The molecule has 0 saturated carbocycles. The number of pyridine rings is 1. The Balaban J connectivity index is 2.04. The molecule has 2 nitrogen and oxygen atoms in total. The van der Waals surface area contributed by atoms with Crippen LogP contribution in [0.1, 0.15) is 0 Å². The number of para-hydroxylation sites is 2. The van der Waals surface area contributed by atoms with Crippen LogP contribution in [0, 0.1) is 0 Å². The second-order valence-electron chi connectivity index (χ2n) is 5.38. The molecule has 98 valence electrons. The molecule has 0 amide bonds. The molecule has 2 heteroatoms. The maximum Gasteiger partial charge on any atom is 0.139 e. The molecule has 4 aromatic rings. The van der Waals surface area contributed by atoms with E-state index in [1.165, 1.54) is 27.3 Å². The second kappa shape index (κ2) is 3.83. The van der Waals surface area contributed by atoms with Crippen molar-refractivity contribution in [2.75, 3.05) is 5.32 Å². The summed E-state index contributed by atoms with van der Waals surface area (Å²) >= 11 is 0. The molecule has 21 heavy (non-hydrogen) atoms. The maximum atomic E-state index is 4.82. The molecular weight excluding hydrogens is 256 g/mol. The largest absolute Gasteiger partial charge is 0.339 e. The number of fused-ring (bicyclic) bond motifs is 4. The molecule has 0 saturated heterocycles. The zero-order chi connectivity index (χ0) is 13.8. The number of benzene rings is 3. The Hall–Kier alpha value is -2.87. The molecule has 1 aliphatic rings. The van der Waals surface area contributed by atoms with E-state index in [0.717, 1.165) is 17.0 Å². The first-order valence-corrected chi connectivity index (χ1v) is 7.10. The third-order valence-corrected chi connectivity index (χ3v) is 4.20. The number of aromatic nitrogens is 1. The molecule has 0 aliphatic carbocycles. The van der Waals surface area contributed by atoms with Crippen molar-refractivity contribution < 1.29 is 0 Å². The number of rotatable bonds is 0. The van der Waals surface area contributed by atoms with Crippen LogP contribution >= 0.6 is 0 Å². The summed E-state index contributed by atoms with van der Waals surface area (Å²) in [6.45, 7) is 0. The van der Waals surface area contributed by atoms with Gasteiger partial charge in [0.25, 0.3) is 0 Å². The summed E-state index contributed by atoms with van der Waals surface area (Å²) in [6.07, 6.45) is 0. The number of nitrogens with one attached hydrogen (secondary N) is 1. The van der Waals surface area contributed by atoms with Gasteiger partial charge in [-0.05, 0) is 23.1 Å². The van der Waals surface area contributed by atoms with Crippen molar-refractivity contribution in [2.24, 2.45) is 0 Å². The fourth-order valence-corrected chi connectivity index (χ4v) is 3.28. The summed E-state index contributed by atoms with van der Waals surface area (Å²) in [5.74, 6) is 0.956. The summed E-state index contributed by atoms with van der Waals surface area (Å²) in [7, 11) is 0. The van der Waals surface area contributed by atoms with Crippen molar-refractivity contribution in [2.45, 2.75) is 0 Å². The lowest BCUT2D eigenvalue weighted by Gasteiger charge is -2.22. The van der Waals surface area contributed by atoms with Crippen molar-refractivity contribution in [1.82, 2.24) is 4.98 Å². The Morgan fingerprint density at radius 3 is 2.43 bits per heavy atom. The molecule has 5 rings (SSSR count). The summed E-state index contributed by atoms with van der Waals surface area (Å²) < 4.78 is 0. The fourth-order valence-electron chi connectivity index (χ4n) is 3.28. The van der Waals surface area contributed by atoms with Gasteiger partial charge in [-0.1, -0.05) is 54.6 Å². The van der Waals surface area contributed by atoms with Gasteiger partial charge in [0.15, 0.2) is 0 Å². The van der Waals surface area contributed by atoms with Gasteiger partial charge in [0.1, 0.15) is 5.82 Å². The highest BCUT2D eigenvalue weighted by Gasteiger charge is 2.19. The van der Waals surface area contributed by atoms with Crippen molar-refractivity contribution in [3.05, 3.63) is 66.7 Å². The van der Waals surface area contributed by atoms with E-state index in [9.17, 15) is 0 Å². The topological polar surface area (TPSA) is 24.9 Å². The molecule has 2 heterocycles. The molecule has 0 bridgehead atoms. The van der Waals surface area contributed by atoms with Crippen LogP contribution in [-0.2, 0) is 0 Å². The lowest BCUT2D eigenvalue weighted by atomic mass is 9.93. The van der Waals surface area contributed by atoms with E-state index in [0.29, 0.717) is 0 Å². The van der Waals surface area contributed by atoms with Crippen molar-refractivity contribution >= 4 is 33.2 Å². The maximum absolute atomic E-state index is 4.82. The smallest absolute Gasteiger partial charge is 0.139 e. The van der Waals surface area contributed by atoms with Crippen LogP contribution < -0.4 is 5.32 Å². The number of hydrogen-bond acceptors (Lipinski definition) is 2. The Labute approximate surface area is 122 Å². The molecule has 0 spiro atoms. The van der Waals surface area contributed by atoms with E-state index in [2.05, 4.69) is 66.0 Å². The first-order chi connectivity index (χ1) is 10.4. The van der Waals surface area contributed by atoms with Crippen LogP contribution in [0.3, 0.4) is 0 Å². The molecule has 0 atom stereocenters. The Kier molecular flexibility index (Phi) is 1.98. The third-order valence-electron chi connectivity index (χ3n) is 4.20. The van der Waals surface area contributed by atoms with Gasteiger partial charge < -0.3 is 5.32 Å². The van der Waals surface area contributed by atoms with Crippen LogP contribution in [0.5, 0.6) is 0 Å². The van der Waals surface area contributed by atoms with Crippen molar-refractivity contribution in [3.8, 4) is 11.1 Å². The van der Waals surface area contributed by atoms with E-state index >= 15 is 0 Å². The Bertz CT molecular complexity index is 1020. The van der Waals surface area contributed by atoms with E-state index in [1.807, 2.05) is 6.07 Å². The van der Waals surface area contributed by atoms with Crippen LogP contribution in [-0.4, -0.2) is 4.98 Å². The molecular formula is C19H12N2. The fraction of sp³-hybridized carbons (Fsp3) is 0. The SMILES string of the molecule is c1ccc2c(c1)Nc1nc3ccccc3c3cccc-2c13. The van der Waals surface area contributed by atoms with E-state index in [-0.39, 0.29) is 0 Å². The molecule has 0 unspecified atom stereocenters. The summed E-state index contributed by atoms with van der Waals surface area (Å²) in [4.78, 5) is 4.82. The van der Waals surface area contributed by atoms with Gasteiger partial charge in [0.2, 0.25) is 0 Å². The number of hydrogen-bond donors (Lipinski definition) is 1. The van der Waals surface area contributed by atoms with Gasteiger partial charge in [-0.3, -0.25) is 0 Å². The summed E-state index contributed by atoms with van der Waals surface area (Å²) in [5.41, 5.74) is 4.66. The Morgan fingerprint density at radius 1 is 0.667 bits per heavy atom. The zero-order valence-corrected chi connectivity index (χ0v) is 11.3. The van der Waals surface area contributed by atoms with Gasteiger partial charge in [-0.2, -0.15) is 0 Å². The average Bonchev–Trinajstić information content (AvgIpc) is 2.55. The van der Waals surface area contributed by atoms with Gasteiger partial charge in [-0.25, -0.2) is 4.98 Å². The highest BCUT2D eigenvalue weighted by atomic mass is 15.0. The third kappa shape index (κ3) is 1.39. The molecule has 1 aliphatic heterocycles. The number of anilines is 2. The van der Waals surface area contributed by atoms with E-state index < -0.39 is 0 Å². The first-order valence-electron chi connectivity index (χ1n) is 7.10. The molecule has 1 N–H and O–H groups in total. The minimum atomic E-state index is 0.956. The first kappa shape index (κ1) is 10.9. The predicted octanol–water partition coefficient (Wildman–Crippen LogP) is 5.11. The minimum Gasteiger partial charge on any atom is -0.339 e. The summed E-state index contributed by atoms with van der Waals surface area (Å²) in [6, 6.07) is 23.2. The van der Waals surface area contributed by atoms with E-state index in [4.69, 9.17) is 4.98 Å². The average molecular weight is 268 g/mol. The number of nitrogens with zero attached hydrogens (tertiary/aromatic N) is 1. The van der Waals surface area contributed by atoms with Crippen molar-refractivity contribution in [1.29, 1.82) is 0 Å². The standard InChI is InChI=1S/C19H12N2/c1-3-10-16-12(6-1)14-8-5-9-15-13-7-2-4-11-17(13)21-19(20-16)18(14)15/h1-11H,(H,20,21). The van der Waals surface area contributed by atoms with E-state index in [1.54, 1.807) is 0 Å². The highest BCUT2D eigenvalue weighted by molar-refractivity contribution is 6.18. The van der Waals surface area contributed by atoms with Gasteiger partial charge in [0, 0.05) is 22.0 Å². The van der Waals surface area contributed by atoms with Gasteiger partial charge >= 0.3 is 0 Å². The molecule has 3 aromatic carbocycles. The quantitative estimate of drug-likeness (QED) is 0.395.